The molecule has 2 aromatic carbocycles. The van der Waals surface area contributed by atoms with Gasteiger partial charge in [-0.3, -0.25) is 10.2 Å². The van der Waals surface area contributed by atoms with Crippen LogP contribution in [-0.2, 0) is 0 Å². The van der Waals surface area contributed by atoms with Crippen LogP contribution in [0.25, 0.3) is 0 Å². The summed E-state index contributed by atoms with van der Waals surface area (Å²) in [7, 11) is 0. The molecule has 0 fully saturated rings. The van der Waals surface area contributed by atoms with E-state index in [1.54, 1.807) is 30.3 Å². The maximum atomic E-state index is 13.3. The fourth-order valence-corrected chi connectivity index (χ4v) is 2.08. The SMILES string of the molecule is Cc1cccc(C(=O)NNSc2ccccc2F)c1. The Balaban J connectivity index is 1.90. The Morgan fingerprint density at radius 1 is 1.16 bits per heavy atom. The Kier molecular flexibility index (Phi) is 4.54. The molecule has 0 aromatic heterocycles. The number of hydrogen-bond acceptors (Lipinski definition) is 3. The molecule has 0 saturated carbocycles. The zero-order valence-corrected chi connectivity index (χ0v) is 11.1. The van der Waals surface area contributed by atoms with E-state index < -0.39 is 0 Å². The smallest absolute Gasteiger partial charge is 0.266 e. The molecule has 19 heavy (non-hydrogen) atoms. The highest BCUT2D eigenvalue weighted by Crippen LogP contribution is 2.17. The molecule has 2 rings (SSSR count). The van der Waals surface area contributed by atoms with Crippen molar-refractivity contribution in [3.8, 4) is 0 Å². The molecule has 2 N–H and O–H groups in total. The van der Waals surface area contributed by atoms with Crippen molar-refractivity contribution in [3.05, 3.63) is 65.5 Å². The van der Waals surface area contributed by atoms with Crippen LogP contribution in [0.5, 0.6) is 0 Å². The van der Waals surface area contributed by atoms with E-state index in [0.717, 1.165) is 17.5 Å². The molecule has 0 aliphatic carbocycles. The Morgan fingerprint density at radius 3 is 2.68 bits per heavy atom. The Labute approximate surface area is 115 Å². The average molecular weight is 276 g/mol. The molecular weight excluding hydrogens is 263 g/mol. The minimum absolute atomic E-state index is 0.257. The number of nitrogens with one attached hydrogen (secondary N) is 2. The highest BCUT2D eigenvalue weighted by atomic mass is 32.2. The topological polar surface area (TPSA) is 41.1 Å². The van der Waals surface area contributed by atoms with E-state index in [1.165, 1.54) is 6.07 Å². The molecule has 0 radical (unpaired) electrons. The molecule has 98 valence electrons. The van der Waals surface area contributed by atoms with Gasteiger partial charge in [0.05, 0.1) is 4.90 Å². The standard InChI is InChI=1S/C14H13FN2OS/c1-10-5-4-6-11(9-10)14(18)16-17-19-13-8-3-2-7-12(13)15/h2-9,17H,1H3,(H,16,18). The first kappa shape index (κ1) is 13.6. The van der Waals surface area contributed by atoms with Crippen molar-refractivity contribution in [2.24, 2.45) is 0 Å². The van der Waals surface area contributed by atoms with E-state index in [9.17, 15) is 9.18 Å². The van der Waals surface area contributed by atoms with Crippen molar-refractivity contribution in [3.63, 3.8) is 0 Å². The summed E-state index contributed by atoms with van der Waals surface area (Å²) in [5.74, 6) is -0.586. The number of rotatable bonds is 4. The van der Waals surface area contributed by atoms with Crippen LogP contribution < -0.4 is 10.3 Å². The first-order valence-corrected chi connectivity index (χ1v) is 6.52. The number of aryl methyl sites for hydroxylation is 1. The van der Waals surface area contributed by atoms with Crippen LogP contribution >= 0.6 is 11.9 Å². The van der Waals surface area contributed by atoms with Crippen LogP contribution in [0.2, 0.25) is 0 Å². The van der Waals surface area contributed by atoms with E-state index in [-0.39, 0.29) is 11.7 Å². The third kappa shape index (κ3) is 3.81. The van der Waals surface area contributed by atoms with Crippen LogP contribution in [0.4, 0.5) is 4.39 Å². The van der Waals surface area contributed by atoms with Gasteiger partial charge in [-0.05, 0) is 43.1 Å². The number of benzene rings is 2. The van der Waals surface area contributed by atoms with Gasteiger partial charge in [0.2, 0.25) is 0 Å². The van der Waals surface area contributed by atoms with Crippen molar-refractivity contribution >= 4 is 17.9 Å². The molecule has 0 saturated heterocycles. The highest BCUT2D eigenvalue weighted by molar-refractivity contribution is 7.97. The molecule has 0 atom stereocenters. The minimum atomic E-state index is -0.329. The molecule has 0 bridgehead atoms. The summed E-state index contributed by atoms with van der Waals surface area (Å²) in [6, 6.07) is 13.6. The Morgan fingerprint density at radius 2 is 1.95 bits per heavy atom. The molecule has 2 aromatic rings. The average Bonchev–Trinajstić information content (AvgIpc) is 2.41. The van der Waals surface area contributed by atoms with Gasteiger partial charge in [-0.25, -0.2) is 4.39 Å². The van der Waals surface area contributed by atoms with Crippen molar-refractivity contribution in [2.75, 3.05) is 0 Å². The zero-order valence-electron chi connectivity index (χ0n) is 10.3. The molecular formula is C14H13FN2OS. The third-order valence-corrected chi connectivity index (χ3v) is 3.20. The van der Waals surface area contributed by atoms with Gasteiger partial charge in [0.15, 0.2) is 0 Å². The van der Waals surface area contributed by atoms with E-state index in [2.05, 4.69) is 10.3 Å². The molecule has 1 amide bonds. The van der Waals surface area contributed by atoms with Gasteiger partial charge in [-0.1, -0.05) is 29.8 Å². The monoisotopic (exact) mass is 276 g/mol. The molecule has 0 heterocycles. The lowest BCUT2D eigenvalue weighted by Crippen LogP contribution is -2.32. The normalized spacial score (nSPS) is 10.2. The fraction of sp³-hybridized carbons (Fsp3) is 0.0714. The van der Waals surface area contributed by atoms with Crippen LogP contribution in [-0.4, -0.2) is 5.91 Å². The maximum Gasteiger partial charge on any atom is 0.266 e. The van der Waals surface area contributed by atoms with Gasteiger partial charge < -0.3 is 0 Å². The predicted octanol–water partition coefficient (Wildman–Crippen LogP) is 3.08. The van der Waals surface area contributed by atoms with Crippen molar-refractivity contribution in [1.29, 1.82) is 0 Å². The summed E-state index contributed by atoms with van der Waals surface area (Å²) in [4.78, 5) is 14.9. The number of hydrazine groups is 1. The lowest BCUT2D eigenvalue weighted by atomic mass is 10.1. The summed E-state index contributed by atoms with van der Waals surface area (Å²) in [5, 5.41) is 0. The maximum absolute atomic E-state index is 13.3. The van der Waals surface area contributed by atoms with Gasteiger partial charge in [-0.15, -0.1) is 0 Å². The van der Waals surface area contributed by atoms with Gasteiger partial charge in [-0.2, -0.15) is 4.83 Å². The predicted molar refractivity (Wildman–Crippen MR) is 74.0 cm³/mol. The molecule has 0 aliphatic heterocycles. The Bertz CT molecular complexity index is 589. The molecule has 0 aliphatic rings. The summed E-state index contributed by atoms with van der Waals surface area (Å²) in [6.07, 6.45) is 0. The van der Waals surface area contributed by atoms with Crippen LogP contribution in [0.3, 0.4) is 0 Å². The van der Waals surface area contributed by atoms with Crippen molar-refractivity contribution < 1.29 is 9.18 Å². The summed E-state index contributed by atoms with van der Waals surface area (Å²) >= 11 is 1.02. The van der Waals surface area contributed by atoms with Gasteiger partial charge >= 0.3 is 0 Å². The lowest BCUT2D eigenvalue weighted by Gasteiger charge is -2.07. The second-order valence-electron chi connectivity index (χ2n) is 3.96. The van der Waals surface area contributed by atoms with Gasteiger partial charge in [0.1, 0.15) is 5.82 Å². The van der Waals surface area contributed by atoms with E-state index in [0.29, 0.717) is 10.5 Å². The molecule has 0 unspecified atom stereocenters. The number of carbonyl (C=O) groups excluding carboxylic acids is 1. The molecule has 5 heteroatoms. The second-order valence-corrected chi connectivity index (χ2v) is 4.81. The quantitative estimate of drug-likeness (QED) is 0.666. The van der Waals surface area contributed by atoms with E-state index in [1.807, 2.05) is 19.1 Å². The number of hydrogen-bond donors (Lipinski definition) is 2. The summed E-state index contributed by atoms with van der Waals surface area (Å²) < 4.78 is 13.3. The number of carbonyl (C=O) groups is 1. The third-order valence-electron chi connectivity index (χ3n) is 2.44. The van der Waals surface area contributed by atoms with Gasteiger partial charge in [0.25, 0.3) is 5.91 Å². The molecule has 3 nitrogen and oxygen atoms in total. The van der Waals surface area contributed by atoms with Crippen LogP contribution in [0, 0.1) is 12.7 Å². The highest BCUT2D eigenvalue weighted by Gasteiger charge is 2.06. The number of amides is 1. The van der Waals surface area contributed by atoms with E-state index in [4.69, 9.17) is 0 Å². The Hall–Kier alpha value is -1.85. The largest absolute Gasteiger partial charge is 0.277 e. The van der Waals surface area contributed by atoms with Crippen molar-refractivity contribution in [1.82, 2.24) is 10.3 Å². The number of halogens is 1. The van der Waals surface area contributed by atoms with Gasteiger partial charge in [0, 0.05) is 5.56 Å². The second kappa shape index (κ2) is 6.36. The van der Waals surface area contributed by atoms with Crippen molar-refractivity contribution in [2.45, 2.75) is 11.8 Å². The summed E-state index contributed by atoms with van der Waals surface area (Å²) in [5.41, 5.74) is 4.08. The first-order valence-electron chi connectivity index (χ1n) is 5.70. The van der Waals surface area contributed by atoms with Crippen LogP contribution in [0.15, 0.2) is 53.4 Å². The van der Waals surface area contributed by atoms with E-state index >= 15 is 0 Å². The van der Waals surface area contributed by atoms with Crippen LogP contribution in [0.1, 0.15) is 15.9 Å². The minimum Gasteiger partial charge on any atom is -0.277 e. The zero-order chi connectivity index (χ0) is 13.7. The molecule has 0 spiro atoms. The summed E-state index contributed by atoms with van der Waals surface area (Å²) in [6.45, 7) is 1.91. The lowest BCUT2D eigenvalue weighted by molar-refractivity contribution is 0.0947. The first-order chi connectivity index (χ1) is 9.16. The fourth-order valence-electron chi connectivity index (χ4n) is 1.51.